The Hall–Kier alpha value is -0.940. The van der Waals surface area contributed by atoms with Crippen LogP contribution < -0.4 is 0 Å². The van der Waals surface area contributed by atoms with E-state index in [0.717, 1.165) is 25.9 Å². The maximum Gasteiger partial charge on any atom is 0.305 e. The number of carbonyl (C=O) groups excluding carboxylic acids is 1. The van der Waals surface area contributed by atoms with E-state index in [1.165, 1.54) is 29.3 Å². The van der Waals surface area contributed by atoms with Crippen LogP contribution >= 0.6 is 11.3 Å². The molecular weight excluding hydrogens is 284 g/mol. The Morgan fingerprint density at radius 1 is 1.52 bits per heavy atom. The minimum Gasteiger partial charge on any atom is -0.466 e. The molecule has 0 aromatic carbocycles. The fourth-order valence-corrected chi connectivity index (χ4v) is 3.76. The summed E-state index contributed by atoms with van der Waals surface area (Å²) in [5, 5.41) is 1.30. The van der Waals surface area contributed by atoms with Gasteiger partial charge in [0.05, 0.1) is 11.6 Å². The van der Waals surface area contributed by atoms with Crippen molar-refractivity contribution in [3.05, 3.63) is 16.1 Å². The quantitative estimate of drug-likeness (QED) is 0.572. The fourth-order valence-electron chi connectivity index (χ4n) is 2.86. The third-order valence-electron chi connectivity index (χ3n) is 3.90. The van der Waals surface area contributed by atoms with Crippen molar-refractivity contribution in [2.45, 2.75) is 51.9 Å². The fraction of sp³-hybridized carbons (Fsp3) is 0.750. The van der Waals surface area contributed by atoms with E-state index in [-0.39, 0.29) is 5.97 Å². The average Bonchev–Trinajstić information content (AvgIpc) is 2.91. The smallest absolute Gasteiger partial charge is 0.305 e. The van der Waals surface area contributed by atoms with Gasteiger partial charge in [-0.15, -0.1) is 11.3 Å². The van der Waals surface area contributed by atoms with Gasteiger partial charge >= 0.3 is 5.97 Å². The van der Waals surface area contributed by atoms with Crippen LogP contribution in [0.4, 0.5) is 0 Å². The predicted octanol–water partition coefficient (Wildman–Crippen LogP) is 3.36. The molecule has 0 amide bonds. The minimum atomic E-state index is -0.0627. The van der Waals surface area contributed by atoms with Crippen molar-refractivity contribution in [1.29, 1.82) is 0 Å². The van der Waals surface area contributed by atoms with Crippen molar-refractivity contribution < 1.29 is 9.53 Å². The van der Waals surface area contributed by atoms with E-state index in [1.807, 2.05) is 24.5 Å². The standard InChI is InChI=1S/C16H26N2O2S/c1-3-20-15(19)8-4-5-9-18-10-6-7-14(12-18)16-17-11-13(2)21-16/h11,14H,3-10,12H2,1-2H3/t14-/m0/s1. The van der Waals surface area contributed by atoms with Gasteiger partial charge in [0.15, 0.2) is 0 Å². The molecule has 5 heteroatoms. The molecule has 1 saturated heterocycles. The maximum atomic E-state index is 11.3. The Bertz CT molecular complexity index is 447. The SMILES string of the molecule is CCOC(=O)CCCCN1CCC[C@H](c2ncc(C)s2)C1. The van der Waals surface area contributed by atoms with E-state index in [2.05, 4.69) is 16.8 Å². The molecule has 2 heterocycles. The zero-order valence-corrected chi connectivity index (χ0v) is 14.0. The Labute approximate surface area is 131 Å². The highest BCUT2D eigenvalue weighted by molar-refractivity contribution is 7.11. The number of aryl methyl sites for hydroxylation is 1. The lowest BCUT2D eigenvalue weighted by atomic mass is 9.98. The topological polar surface area (TPSA) is 42.4 Å². The molecule has 0 aliphatic carbocycles. The second-order valence-electron chi connectivity index (χ2n) is 5.71. The summed E-state index contributed by atoms with van der Waals surface area (Å²) in [5.74, 6) is 0.537. The number of nitrogens with zero attached hydrogens (tertiary/aromatic N) is 2. The van der Waals surface area contributed by atoms with Crippen LogP contribution in [0.25, 0.3) is 0 Å². The molecule has 2 rings (SSSR count). The summed E-state index contributed by atoms with van der Waals surface area (Å²) in [5.41, 5.74) is 0. The number of aromatic nitrogens is 1. The lowest BCUT2D eigenvalue weighted by Gasteiger charge is -2.31. The molecule has 1 aromatic rings. The zero-order chi connectivity index (χ0) is 15.1. The van der Waals surface area contributed by atoms with E-state index in [4.69, 9.17) is 4.74 Å². The maximum absolute atomic E-state index is 11.3. The molecule has 0 unspecified atom stereocenters. The molecule has 0 bridgehead atoms. The summed E-state index contributed by atoms with van der Waals surface area (Å²) in [6, 6.07) is 0. The van der Waals surface area contributed by atoms with Crippen molar-refractivity contribution >= 4 is 17.3 Å². The van der Waals surface area contributed by atoms with Crippen molar-refractivity contribution in [3.63, 3.8) is 0 Å². The highest BCUT2D eigenvalue weighted by Crippen LogP contribution is 2.29. The van der Waals surface area contributed by atoms with E-state index in [9.17, 15) is 4.79 Å². The number of thiazole rings is 1. The van der Waals surface area contributed by atoms with Crippen LogP contribution in [-0.2, 0) is 9.53 Å². The minimum absolute atomic E-state index is 0.0627. The summed E-state index contributed by atoms with van der Waals surface area (Å²) < 4.78 is 4.95. The summed E-state index contributed by atoms with van der Waals surface area (Å²) in [7, 11) is 0. The first-order valence-electron chi connectivity index (χ1n) is 7.99. The van der Waals surface area contributed by atoms with Gasteiger partial charge in [0.2, 0.25) is 0 Å². The first kappa shape index (κ1) is 16.4. The second-order valence-corrected chi connectivity index (χ2v) is 6.98. The molecule has 118 valence electrons. The molecule has 1 aliphatic heterocycles. The number of rotatable bonds is 7. The molecule has 1 aromatic heterocycles. The number of hydrogen-bond acceptors (Lipinski definition) is 5. The lowest BCUT2D eigenvalue weighted by Crippen LogP contribution is -2.35. The van der Waals surface area contributed by atoms with Crippen molar-refractivity contribution in [1.82, 2.24) is 9.88 Å². The van der Waals surface area contributed by atoms with E-state index in [1.54, 1.807) is 0 Å². The molecule has 0 spiro atoms. The number of carbonyl (C=O) groups is 1. The van der Waals surface area contributed by atoms with Crippen molar-refractivity contribution in [3.8, 4) is 0 Å². The molecular formula is C16H26N2O2S. The first-order chi connectivity index (χ1) is 10.2. The van der Waals surface area contributed by atoms with Gasteiger partial charge in [0.25, 0.3) is 0 Å². The molecule has 1 atom stereocenters. The van der Waals surface area contributed by atoms with Crippen LogP contribution in [0, 0.1) is 6.92 Å². The highest BCUT2D eigenvalue weighted by atomic mass is 32.1. The van der Waals surface area contributed by atoms with E-state index >= 15 is 0 Å². The van der Waals surface area contributed by atoms with Crippen LogP contribution in [0.3, 0.4) is 0 Å². The number of likely N-dealkylation sites (tertiary alicyclic amines) is 1. The zero-order valence-electron chi connectivity index (χ0n) is 13.1. The van der Waals surface area contributed by atoms with Gasteiger partial charge in [-0.3, -0.25) is 4.79 Å². The van der Waals surface area contributed by atoms with Crippen LogP contribution in [0.1, 0.15) is 54.8 Å². The highest BCUT2D eigenvalue weighted by Gasteiger charge is 2.23. The van der Waals surface area contributed by atoms with E-state index in [0.29, 0.717) is 18.9 Å². The second kappa shape index (κ2) is 8.49. The lowest BCUT2D eigenvalue weighted by molar-refractivity contribution is -0.143. The molecule has 0 N–H and O–H groups in total. The summed E-state index contributed by atoms with van der Waals surface area (Å²) in [4.78, 5) is 19.7. The van der Waals surface area contributed by atoms with Crippen LogP contribution in [-0.4, -0.2) is 42.1 Å². The van der Waals surface area contributed by atoms with E-state index < -0.39 is 0 Å². The molecule has 4 nitrogen and oxygen atoms in total. The van der Waals surface area contributed by atoms with Crippen molar-refractivity contribution in [2.24, 2.45) is 0 Å². The molecule has 1 aliphatic rings. The first-order valence-corrected chi connectivity index (χ1v) is 8.81. The number of esters is 1. The molecule has 21 heavy (non-hydrogen) atoms. The Morgan fingerprint density at radius 3 is 3.10 bits per heavy atom. The summed E-state index contributed by atoms with van der Waals surface area (Å²) >= 11 is 1.84. The Balaban J connectivity index is 1.68. The number of hydrogen-bond donors (Lipinski definition) is 0. The summed E-state index contributed by atoms with van der Waals surface area (Å²) in [6.07, 6.45) is 7.04. The third kappa shape index (κ3) is 5.40. The number of ether oxygens (including phenoxy) is 1. The number of unbranched alkanes of at least 4 members (excludes halogenated alkanes) is 1. The van der Waals surface area contributed by atoms with Gasteiger partial charge in [-0.25, -0.2) is 4.98 Å². The van der Waals surface area contributed by atoms with Crippen LogP contribution in [0.5, 0.6) is 0 Å². The van der Waals surface area contributed by atoms with Gasteiger partial charge < -0.3 is 9.64 Å². The monoisotopic (exact) mass is 310 g/mol. The Morgan fingerprint density at radius 2 is 2.38 bits per heavy atom. The summed E-state index contributed by atoms with van der Waals surface area (Å²) in [6.45, 7) is 7.84. The van der Waals surface area contributed by atoms with Gasteiger partial charge in [-0.05, 0) is 52.6 Å². The molecule has 0 saturated carbocycles. The average molecular weight is 310 g/mol. The van der Waals surface area contributed by atoms with Gasteiger partial charge in [0.1, 0.15) is 0 Å². The number of piperidine rings is 1. The largest absolute Gasteiger partial charge is 0.466 e. The predicted molar refractivity (Wildman–Crippen MR) is 85.8 cm³/mol. The van der Waals surface area contributed by atoms with Gasteiger partial charge in [0, 0.05) is 30.0 Å². The third-order valence-corrected chi connectivity index (χ3v) is 4.98. The normalized spacial score (nSPS) is 19.6. The van der Waals surface area contributed by atoms with Crippen LogP contribution in [0.15, 0.2) is 6.20 Å². The van der Waals surface area contributed by atoms with Gasteiger partial charge in [-0.2, -0.15) is 0 Å². The van der Waals surface area contributed by atoms with Crippen molar-refractivity contribution in [2.75, 3.05) is 26.2 Å². The molecule has 1 fully saturated rings. The Kier molecular flexibility index (Phi) is 6.64. The van der Waals surface area contributed by atoms with Gasteiger partial charge in [-0.1, -0.05) is 0 Å². The molecule has 0 radical (unpaired) electrons. The van der Waals surface area contributed by atoms with Crippen LogP contribution in [0.2, 0.25) is 0 Å².